The average molecular weight is 102 g/mol. The van der Waals surface area contributed by atoms with Gasteiger partial charge < -0.3 is 0 Å². The molecule has 0 atom stereocenters. The minimum absolute atomic E-state index is 0.251. The van der Waals surface area contributed by atoms with Gasteiger partial charge in [-0.25, -0.2) is 0 Å². The van der Waals surface area contributed by atoms with Crippen molar-refractivity contribution in [2.24, 2.45) is 0 Å². The van der Waals surface area contributed by atoms with Crippen molar-refractivity contribution in [1.82, 2.24) is 0 Å². The Morgan fingerprint density at radius 2 is 2.60 bits per heavy atom. The Morgan fingerprint density at radius 3 is 2.60 bits per heavy atom. The minimum Gasteiger partial charge on any atom is -0.143 e. The molecule has 0 saturated heterocycles. The second kappa shape index (κ2) is 4.18. The van der Waals surface area contributed by atoms with E-state index in [1.54, 1.807) is 0 Å². The second-order valence-electron chi connectivity index (χ2n) is 0.691. The molecule has 0 fully saturated rings. The molecule has 5 heavy (non-hydrogen) atoms. The quantitative estimate of drug-likeness (QED) is 0.372. The van der Waals surface area contributed by atoms with Crippen LogP contribution in [0.5, 0.6) is 0 Å². The lowest BCUT2D eigenvalue weighted by Gasteiger charge is -1.61. The zero-order chi connectivity index (χ0) is 4.12. The number of hydrogen-bond acceptors (Lipinski definition) is 1. The first-order valence-electron chi connectivity index (χ1n) is 1.46. The zero-order valence-electron chi connectivity index (χ0n) is 2.98. The monoisotopic (exact) mass is 102 g/mol. The molecule has 28 valence electrons. The summed E-state index contributed by atoms with van der Waals surface area (Å²) in [6.45, 7) is 3.50. The summed E-state index contributed by atoms with van der Waals surface area (Å²) in [6.07, 6.45) is 1.86. The van der Waals surface area contributed by atoms with Crippen molar-refractivity contribution in [3.8, 4) is 0 Å². The summed E-state index contributed by atoms with van der Waals surface area (Å²) in [6, 6.07) is 1.05. The van der Waals surface area contributed by atoms with Gasteiger partial charge in [0.2, 0.25) is 0 Å². The van der Waals surface area contributed by atoms with E-state index in [1.165, 1.54) is 0 Å². The van der Waals surface area contributed by atoms with Gasteiger partial charge in [-0.2, -0.15) is 0 Å². The Bertz CT molecular complexity index is 36.2. The minimum atomic E-state index is 0.251. The van der Waals surface area contributed by atoms with E-state index in [2.05, 4.69) is 18.2 Å². The molecule has 0 radical (unpaired) electrons. The second-order valence-corrected chi connectivity index (χ2v) is 2.50. The molecule has 0 N–H and O–H groups in total. The van der Waals surface area contributed by atoms with Gasteiger partial charge in [-0.1, -0.05) is 6.08 Å². The van der Waals surface area contributed by atoms with Crippen molar-refractivity contribution in [2.75, 3.05) is 0 Å². The molecule has 0 nitrogen and oxygen atoms in total. The lowest BCUT2D eigenvalue weighted by molar-refractivity contribution is 1.76. The van der Waals surface area contributed by atoms with Crippen LogP contribution in [0.4, 0.5) is 0 Å². The Kier molecular flexibility index (Phi) is 4.32. The fourth-order valence-corrected chi connectivity index (χ4v) is 0.612. The molecular weight excluding hydrogens is 96.2 g/mol. The lowest BCUT2D eigenvalue weighted by atomic mass is 10.8. The highest BCUT2D eigenvalue weighted by Crippen LogP contribution is 1.68. The van der Waals surface area contributed by atoms with Gasteiger partial charge in [0.1, 0.15) is 0 Å². The normalized spacial score (nSPS) is 6.40. The maximum Gasteiger partial charge on any atom is 0.0815 e. The van der Waals surface area contributed by atoms with Crippen LogP contribution >= 0.6 is 11.6 Å². The fraction of sp³-hybridized carbons (Fsp3) is 0.333. The van der Waals surface area contributed by atoms with Gasteiger partial charge in [-0.15, -0.1) is 18.2 Å². The van der Waals surface area contributed by atoms with Crippen LogP contribution in [-0.4, -0.2) is 8.23 Å². The van der Waals surface area contributed by atoms with Crippen molar-refractivity contribution < 1.29 is 0 Å². The molecule has 0 unspecified atom stereocenters. The third kappa shape index (κ3) is 4.18. The van der Waals surface area contributed by atoms with Crippen LogP contribution in [-0.2, 0) is 0 Å². The lowest BCUT2D eigenvalue weighted by Crippen LogP contribution is -1.55. The summed E-state index contributed by atoms with van der Waals surface area (Å²) in [5.74, 6) is 0. The van der Waals surface area contributed by atoms with Crippen LogP contribution in [0.15, 0.2) is 12.7 Å². The summed E-state index contributed by atoms with van der Waals surface area (Å²) < 4.78 is 0. The van der Waals surface area contributed by atoms with Crippen molar-refractivity contribution in [1.29, 1.82) is 0 Å². The smallest absolute Gasteiger partial charge is 0.0815 e. The van der Waals surface area contributed by atoms with Crippen LogP contribution < -0.4 is 0 Å². The van der Waals surface area contributed by atoms with E-state index < -0.39 is 0 Å². The summed E-state index contributed by atoms with van der Waals surface area (Å²) in [5.41, 5.74) is 0. The molecule has 0 aliphatic rings. The maximum atomic E-state index is 4.66. The number of allylic oxidation sites excluding steroid dienone is 1. The van der Waals surface area contributed by atoms with Gasteiger partial charge >= 0.3 is 0 Å². The molecule has 0 spiro atoms. The van der Waals surface area contributed by atoms with Crippen molar-refractivity contribution in [2.45, 2.75) is 6.04 Å². The highest BCUT2D eigenvalue weighted by Gasteiger charge is 1.56. The molecular formula is C3H6SSi. The van der Waals surface area contributed by atoms with Gasteiger partial charge in [0.25, 0.3) is 0 Å². The van der Waals surface area contributed by atoms with Crippen molar-refractivity contribution >= 4 is 19.9 Å². The van der Waals surface area contributed by atoms with E-state index in [-0.39, 0.29) is 8.23 Å². The van der Waals surface area contributed by atoms with Gasteiger partial charge in [0.05, 0.1) is 8.23 Å². The van der Waals surface area contributed by atoms with Gasteiger partial charge in [-0.3, -0.25) is 0 Å². The van der Waals surface area contributed by atoms with E-state index in [9.17, 15) is 0 Å². The van der Waals surface area contributed by atoms with Crippen LogP contribution in [0.3, 0.4) is 0 Å². The fourth-order valence-electron chi connectivity index (χ4n) is 0.0680. The SMILES string of the molecule is C=CC[SiH]=S. The van der Waals surface area contributed by atoms with Crippen molar-refractivity contribution in [3.05, 3.63) is 12.7 Å². The largest absolute Gasteiger partial charge is 0.143 e. The molecule has 0 aliphatic carbocycles. The van der Waals surface area contributed by atoms with Crippen LogP contribution in [0.1, 0.15) is 0 Å². The topological polar surface area (TPSA) is 0 Å². The standard InChI is InChI=1S/C3H6SSi/c1-2-3-5-4/h2,5H,1,3H2. The molecule has 0 aromatic heterocycles. The predicted molar refractivity (Wildman–Crippen MR) is 29.7 cm³/mol. The Morgan fingerprint density at radius 1 is 2.00 bits per heavy atom. The molecule has 0 aromatic carbocycles. The van der Waals surface area contributed by atoms with Crippen molar-refractivity contribution in [3.63, 3.8) is 0 Å². The molecule has 0 rings (SSSR count). The number of rotatable bonds is 2. The highest BCUT2D eigenvalue weighted by atomic mass is 32.2. The zero-order valence-corrected chi connectivity index (χ0v) is 4.95. The van der Waals surface area contributed by atoms with Crippen LogP contribution in [0.2, 0.25) is 6.04 Å². The molecule has 0 heterocycles. The first kappa shape index (κ1) is 5.18. The van der Waals surface area contributed by atoms with E-state index in [0.717, 1.165) is 6.04 Å². The summed E-state index contributed by atoms with van der Waals surface area (Å²) in [7, 11) is 0.251. The van der Waals surface area contributed by atoms with Crippen LogP contribution in [0, 0.1) is 0 Å². The summed E-state index contributed by atoms with van der Waals surface area (Å²) >= 11 is 4.66. The third-order valence-electron chi connectivity index (χ3n) is 0.263. The molecule has 0 bridgehead atoms. The van der Waals surface area contributed by atoms with Gasteiger partial charge in [0, 0.05) is 0 Å². The van der Waals surface area contributed by atoms with E-state index in [4.69, 9.17) is 0 Å². The third-order valence-corrected chi connectivity index (χ3v) is 1.37. The highest BCUT2D eigenvalue weighted by molar-refractivity contribution is 7.85. The molecule has 0 amide bonds. The molecule has 0 saturated carbocycles. The molecule has 2 heteroatoms. The maximum absolute atomic E-state index is 4.66. The summed E-state index contributed by atoms with van der Waals surface area (Å²) in [4.78, 5) is 0. The molecule has 0 aromatic rings. The number of hydrogen-bond donors (Lipinski definition) is 0. The summed E-state index contributed by atoms with van der Waals surface area (Å²) in [5, 5.41) is 0. The Labute approximate surface area is 39.3 Å². The van der Waals surface area contributed by atoms with Gasteiger partial charge in [0.15, 0.2) is 0 Å². The van der Waals surface area contributed by atoms with E-state index >= 15 is 0 Å². The van der Waals surface area contributed by atoms with E-state index in [0.29, 0.717) is 0 Å². The van der Waals surface area contributed by atoms with Gasteiger partial charge in [-0.05, 0) is 6.04 Å². The average Bonchev–Trinajstić information content (AvgIpc) is 1.41. The Hall–Kier alpha value is 0.177. The Balaban J connectivity index is 2.65. The van der Waals surface area contributed by atoms with E-state index in [1.807, 2.05) is 6.08 Å². The first-order chi connectivity index (χ1) is 2.41. The first-order valence-corrected chi connectivity index (χ1v) is 4.16. The molecule has 0 aliphatic heterocycles. The van der Waals surface area contributed by atoms with Crippen LogP contribution in [0.25, 0.3) is 0 Å². The predicted octanol–water partition coefficient (Wildman–Crippen LogP) is 1.14.